The van der Waals surface area contributed by atoms with E-state index in [2.05, 4.69) is 5.32 Å². The summed E-state index contributed by atoms with van der Waals surface area (Å²) in [5.74, 6) is -0.212. The van der Waals surface area contributed by atoms with Gasteiger partial charge in [-0.25, -0.2) is 4.39 Å². The quantitative estimate of drug-likeness (QED) is 0.828. The van der Waals surface area contributed by atoms with E-state index in [-0.39, 0.29) is 5.82 Å². The third-order valence-electron chi connectivity index (χ3n) is 3.08. The molecule has 2 aromatic rings. The lowest BCUT2D eigenvalue weighted by atomic mass is 10.1. The van der Waals surface area contributed by atoms with Gasteiger partial charge in [-0.3, -0.25) is 0 Å². The van der Waals surface area contributed by atoms with Gasteiger partial charge in [-0.1, -0.05) is 36.0 Å². The predicted molar refractivity (Wildman–Crippen MR) is 85.7 cm³/mol. The molecular weight excluding hydrogens is 271 g/mol. The van der Waals surface area contributed by atoms with Crippen molar-refractivity contribution in [3.05, 3.63) is 65.0 Å². The maximum absolute atomic E-state index is 12.8. The number of halogens is 1. The molecule has 0 fully saturated rings. The second-order valence-electron chi connectivity index (χ2n) is 4.72. The topological polar surface area (TPSA) is 38.0 Å². The summed E-state index contributed by atoms with van der Waals surface area (Å²) in [5, 5.41) is 3.32. The van der Waals surface area contributed by atoms with Gasteiger partial charge in [0.25, 0.3) is 0 Å². The predicted octanol–water partition coefficient (Wildman–Crippen LogP) is 3.42. The maximum Gasteiger partial charge on any atom is 0.123 e. The first-order valence-corrected chi connectivity index (χ1v) is 6.86. The van der Waals surface area contributed by atoms with E-state index in [0.29, 0.717) is 4.99 Å². The van der Waals surface area contributed by atoms with Gasteiger partial charge in [0.15, 0.2) is 0 Å². The Kier molecular flexibility index (Phi) is 4.69. The van der Waals surface area contributed by atoms with Crippen LogP contribution < -0.4 is 11.1 Å². The minimum Gasteiger partial charge on any atom is -0.389 e. The fourth-order valence-corrected chi connectivity index (χ4v) is 2.18. The van der Waals surface area contributed by atoms with Crippen molar-refractivity contribution in [1.82, 2.24) is 0 Å². The smallest absolute Gasteiger partial charge is 0.123 e. The number of hydrogen-bond acceptors (Lipinski definition) is 2. The molecule has 0 aliphatic rings. The summed E-state index contributed by atoms with van der Waals surface area (Å²) in [6.07, 6.45) is 0.810. The molecule has 0 bridgehead atoms. The van der Waals surface area contributed by atoms with E-state index in [9.17, 15) is 4.39 Å². The zero-order valence-electron chi connectivity index (χ0n) is 11.3. The van der Waals surface area contributed by atoms with Crippen LogP contribution in [0.1, 0.15) is 16.7 Å². The molecule has 104 valence electrons. The van der Waals surface area contributed by atoms with Crippen molar-refractivity contribution in [2.24, 2.45) is 5.73 Å². The average molecular weight is 288 g/mol. The Morgan fingerprint density at radius 2 is 1.90 bits per heavy atom. The first-order chi connectivity index (χ1) is 9.56. The summed E-state index contributed by atoms with van der Waals surface area (Å²) in [4.78, 5) is 0.387. The number of nitrogens with one attached hydrogen (secondary N) is 1. The minimum atomic E-state index is -0.212. The van der Waals surface area contributed by atoms with Crippen LogP contribution in [0.25, 0.3) is 0 Å². The molecule has 0 aliphatic carbocycles. The lowest BCUT2D eigenvalue weighted by Gasteiger charge is -2.12. The molecule has 0 aromatic heterocycles. The van der Waals surface area contributed by atoms with Crippen molar-refractivity contribution in [1.29, 1.82) is 0 Å². The number of nitrogens with two attached hydrogens (primary N) is 1. The number of anilines is 1. The van der Waals surface area contributed by atoms with E-state index in [1.165, 1.54) is 12.1 Å². The van der Waals surface area contributed by atoms with Crippen molar-refractivity contribution in [3.63, 3.8) is 0 Å². The second-order valence-corrected chi connectivity index (χ2v) is 5.16. The summed E-state index contributed by atoms with van der Waals surface area (Å²) in [6.45, 7) is 2.74. The molecule has 0 amide bonds. The molecule has 0 atom stereocenters. The van der Waals surface area contributed by atoms with Crippen molar-refractivity contribution in [2.45, 2.75) is 13.3 Å². The normalized spacial score (nSPS) is 10.3. The Hall–Kier alpha value is -1.94. The van der Waals surface area contributed by atoms with Crippen molar-refractivity contribution in [3.8, 4) is 0 Å². The number of thiocarbonyl (C=S) groups is 1. The van der Waals surface area contributed by atoms with Gasteiger partial charge in [0.05, 0.1) is 0 Å². The SMILES string of the molecule is Cc1ccc(NCCc2ccc(F)cc2)c(C(N)=S)c1. The first-order valence-electron chi connectivity index (χ1n) is 6.45. The van der Waals surface area contributed by atoms with Gasteiger partial charge in [-0.15, -0.1) is 0 Å². The van der Waals surface area contributed by atoms with Gasteiger partial charge in [-0.2, -0.15) is 0 Å². The number of aryl methyl sites for hydroxylation is 1. The van der Waals surface area contributed by atoms with Gasteiger partial charge in [0.1, 0.15) is 10.8 Å². The summed E-state index contributed by atoms with van der Waals surface area (Å²) in [6, 6.07) is 12.5. The molecule has 0 spiro atoms. The molecule has 2 rings (SSSR count). The Balaban J connectivity index is 2.00. The Morgan fingerprint density at radius 3 is 2.55 bits per heavy atom. The van der Waals surface area contributed by atoms with Gasteiger partial charge in [0.2, 0.25) is 0 Å². The van der Waals surface area contributed by atoms with E-state index < -0.39 is 0 Å². The lowest BCUT2D eigenvalue weighted by Crippen LogP contribution is -2.14. The molecular formula is C16H17FN2S. The summed E-state index contributed by atoms with van der Waals surface area (Å²) < 4.78 is 12.8. The lowest BCUT2D eigenvalue weighted by molar-refractivity contribution is 0.627. The summed E-state index contributed by atoms with van der Waals surface area (Å²) in [7, 11) is 0. The van der Waals surface area contributed by atoms with Crippen LogP contribution in [0.4, 0.5) is 10.1 Å². The largest absolute Gasteiger partial charge is 0.389 e. The molecule has 0 unspecified atom stereocenters. The average Bonchev–Trinajstić information content (AvgIpc) is 2.42. The Labute approximate surface area is 123 Å². The highest BCUT2D eigenvalue weighted by Gasteiger charge is 2.05. The van der Waals surface area contributed by atoms with Gasteiger partial charge in [-0.05, 0) is 43.2 Å². The van der Waals surface area contributed by atoms with Crippen LogP contribution in [-0.2, 0) is 6.42 Å². The fourth-order valence-electron chi connectivity index (χ4n) is 2.01. The van der Waals surface area contributed by atoms with E-state index in [4.69, 9.17) is 18.0 Å². The highest BCUT2D eigenvalue weighted by Crippen LogP contribution is 2.17. The van der Waals surface area contributed by atoms with Gasteiger partial charge in [0, 0.05) is 17.8 Å². The number of benzene rings is 2. The van der Waals surface area contributed by atoms with E-state index >= 15 is 0 Å². The Morgan fingerprint density at radius 1 is 1.20 bits per heavy atom. The van der Waals surface area contributed by atoms with Crippen LogP contribution in [-0.4, -0.2) is 11.5 Å². The minimum absolute atomic E-state index is 0.212. The molecule has 0 radical (unpaired) electrons. The molecule has 0 saturated carbocycles. The molecule has 4 heteroatoms. The van der Waals surface area contributed by atoms with Crippen LogP contribution in [0.15, 0.2) is 42.5 Å². The highest BCUT2D eigenvalue weighted by atomic mass is 32.1. The van der Waals surface area contributed by atoms with Crippen LogP contribution in [0.5, 0.6) is 0 Å². The van der Waals surface area contributed by atoms with E-state index in [0.717, 1.165) is 35.3 Å². The monoisotopic (exact) mass is 288 g/mol. The Bertz CT molecular complexity index is 608. The van der Waals surface area contributed by atoms with E-state index in [1.807, 2.05) is 25.1 Å². The molecule has 0 heterocycles. The fraction of sp³-hybridized carbons (Fsp3) is 0.188. The standard InChI is InChI=1S/C16H17FN2S/c1-11-2-7-15(14(10-11)16(18)20)19-9-8-12-3-5-13(17)6-4-12/h2-7,10,19H,8-9H2,1H3,(H2,18,20). The second kappa shape index (κ2) is 6.48. The number of hydrogen-bond donors (Lipinski definition) is 2. The van der Waals surface area contributed by atoms with Crippen molar-refractivity contribution >= 4 is 22.9 Å². The molecule has 3 N–H and O–H groups in total. The third kappa shape index (κ3) is 3.78. The maximum atomic E-state index is 12.8. The molecule has 0 aliphatic heterocycles. The van der Waals surface area contributed by atoms with Crippen LogP contribution in [0, 0.1) is 12.7 Å². The van der Waals surface area contributed by atoms with Crippen LogP contribution in [0.2, 0.25) is 0 Å². The zero-order chi connectivity index (χ0) is 14.5. The van der Waals surface area contributed by atoms with Crippen LogP contribution in [0.3, 0.4) is 0 Å². The molecule has 2 nitrogen and oxygen atoms in total. The summed E-state index contributed by atoms with van der Waals surface area (Å²) in [5.41, 5.74) is 9.74. The van der Waals surface area contributed by atoms with Gasteiger partial charge >= 0.3 is 0 Å². The first kappa shape index (κ1) is 14.5. The summed E-state index contributed by atoms with van der Waals surface area (Å²) >= 11 is 5.06. The molecule has 2 aromatic carbocycles. The van der Waals surface area contributed by atoms with Gasteiger partial charge < -0.3 is 11.1 Å². The third-order valence-corrected chi connectivity index (χ3v) is 3.30. The molecule has 20 heavy (non-hydrogen) atoms. The highest BCUT2D eigenvalue weighted by molar-refractivity contribution is 7.80. The van der Waals surface area contributed by atoms with E-state index in [1.54, 1.807) is 12.1 Å². The van der Waals surface area contributed by atoms with Crippen molar-refractivity contribution in [2.75, 3.05) is 11.9 Å². The number of rotatable bonds is 5. The van der Waals surface area contributed by atoms with Crippen LogP contribution >= 0.6 is 12.2 Å². The molecule has 0 saturated heterocycles. The van der Waals surface area contributed by atoms with Crippen molar-refractivity contribution < 1.29 is 4.39 Å². The zero-order valence-corrected chi connectivity index (χ0v) is 12.1.